The van der Waals surface area contributed by atoms with Crippen LogP contribution in [-0.2, 0) is 0 Å². The van der Waals surface area contributed by atoms with Crippen LogP contribution in [0.4, 0.5) is 0 Å². The Bertz CT molecular complexity index is 392. The Morgan fingerprint density at radius 3 is 2.65 bits per heavy atom. The van der Waals surface area contributed by atoms with Crippen LogP contribution in [0.3, 0.4) is 0 Å². The summed E-state index contributed by atoms with van der Waals surface area (Å²) >= 11 is 1.84. The monoisotopic (exact) mass is 248 g/mol. The maximum atomic E-state index is 4.57. The predicted molar refractivity (Wildman–Crippen MR) is 76.5 cm³/mol. The minimum atomic E-state index is 0.300. The van der Waals surface area contributed by atoms with Gasteiger partial charge in [0, 0.05) is 6.54 Å². The molecule has 1 aromatic carbocycles. The van der Waals surface area contributed by atoms with E-state index >= 15 is 0 Å². The van der Waals surface area contributed by atoms with Crippen LogP contribution >= 0.6 is 11.8 Å². The molecule has 1 atom stereocenters. The van der Waals surface area contributed by atoms with E-state index in [0.29, 0.717) is 10.7 Å². The van der Waals surface area contributed by atoms with Crippen LogP contribution in [0.15, 0.2) is 35.3 Å². The van der Waals surface area contributed by atoms with Gasteiger partial charge >= 0.3 is 0 Å². The van der Waals surface area contributed by atoms with Crippen LogP contribution in [0, 0.1) is 5.41 Å². The van der Waals surface area contributed by atoms with Crippen LogP contribution in [0.1, 0.15) is 31.6 Å². The highest BCUT2D eigenvalue weighted by atomic mass is 32.2. The summed E-state index contributed by atoms with van der Waals surface area (Å²) in [7, 11) is 0. The number of hydrogen-bond donors (Lipinski definition) is 1. The van der Waals surface area contributed by atoms with Gasteiger partial charge in [0.2, 0.25) is 0 Å². The average molecular weight is 248 g/mol. The first-order valence-electron chi connectivity index (χ1n) is 6.04. The third-order valence-corrected chi connectivity index (χ3v) is 3.80. The topological polar surface area (TPSA) is 24.4 Å². The van der Waals surface area contributed by atoms with Gasteiger partial charge in [0.15, 0.2) is 5.17 Å². The summed E-state index contributed by atoms with van der Waals surface area (Å²) in [5.74, 6) is 0. The fourth-order valence-electron chi connectivity index (χ4n) is 1.65. The number of nitrogens with zero attached hydrogens (tertiary/aromatic N) is 1. The molecule has 2 rings (SSSR count). The summed E-state index contributed by atoms with van der Waals surface area (Å²) in [6.45, 7) is 8.56. The van der Waals surface area contributed by atoms with Crippen molar-refractivity contribution >= 4 is 16.9 Å². The molecule has 3 heteroatoms. The second kappa shape index (κ2) is 5.13. The van der Waals surface area contributed by atoms with Gasteiger partial charge in [-0.3, -0.25) is 4.99 Å². The first kappa shape index (κ1) is 12.5. The average Bonchev–Trinajstić information content (AvgIpc) is 2.75. The Hall–Kier alpha value is -0.960. The lowest BCUT2D eigenvalue weighted by atomic mass is 9.97. The minimum Gasteiger partial charge on any atom is -0.364 e. The van der Waals surface area contributed by atoms with Gasteiger partial charge in [-0.1, -0.05) is 62.9 Å². The second-order valence-electron chi connectivity index (χ2n) is 5.58. The van der Waals surface area contributed by atoms with Crippen LogP contribution in [0.2, 0.25) is 0 Å². The van der Waals surface area contributed by atoms with Crippen molar-refractivity contribution < 1.29 is 0 Å². The molecule has 0 radical (unpaired) electrons. The zero-order chi connectivity index (χ0) is 12.3. The number of hydrogen-bond acceptors (Lipinski definition) is 3. The molecule has 0 fully saturated rings. The van der Waals surface area contributed by atoms with Crippen molar-refractivity contribution in [1.82, 2.24) is 5.32 Å². The van der Waals surface area contributed by atoms with Crippen LogP contribution in [0.25, 0.3) is 0 Å². The van der Waals surface area contributed by atoms with Crippen molar-refractivity contribution in [2.75, 3.05) is 13.1 Å². The molecule has 0 bridgehead atoms. The Morgan fingerprint density at radius 2 is 2.00 bits per heavy atom. The Balaban J connectivity index is 1.87. The lowest BCUT2D eigenvalue weighted by Crippen LogP contribution is -2.29. The zero-order valence-corrected chi connectivity index (χ0v) is 11.6. The number of thioether (sulfide) groups is 1. The maximum Gasteiger partial charge on any atom is 0.157 e. The Kier molecular flexibility index (Phi) is 3.77. The molecule has 0 spiro atoms. The second-order valence-corrected chi connectivity index (χ2v) is 6.77. The van der Waals surface area contributed by atoms with Crippen molar-refractivity contribution in [2.24, 2.45) is 10.4 Å². The summed E-state index contributed by atoms with van der Waals surface area (Å²) in [5, 5.41) is 5.01. The van der Waals surface area contributed by atoms with E-state index in [2.05, 4.69) is 61.4 Å². The molecule has 1 aromatic rings. The van der Waals surface area contributed by atoms with E-state index in [1.54, 1.807) is 0 Å². The largest absolute Gasteiger partial charge is 0.364 e. The standard InChI is InChI=1S/C14H20N2S/c1-14(2,3)10-16-13-15-9-12(17-13)11-7-5-4-6-8-11/h4-8,12H,9-10H2,1-3H3,(H,15,16). The molecule has 0 saturated carbocycles. The van der Waals surface area contributed by atoms with Gasteiger partial charge in [-0.2, -0.15) is 0 Å². The lowest BCUT2D eigenvalue weighted by molar-refractivity contribution is 0.410. The third kappa shape index (κ3) is 3.77. The highest BCUT2D eigenvalue weighted by Crippen LogP contribution is 2.34. The zero-order valence-electron chi connectivity index (χ0n) is 10.7. The summed E-state index contributed by atoms with van der Waals surface area (Å²) in [6, 6.07) is 10.6. The van der Waals surface area contributed by atoms with Crippen molar-refractivity contribution in [3.05, 3.63) is 35.9 Å². The fourth-order valence-corrected chi connectivity index (χ4v) is 2.67. The number of benzene rings is 1. The minimum absolute atomic E-state index is 0.300. The normalized spacial score (nSPS) is 20.2. The van der Waals surface area contributed by atoms with E-state index in [-0.39, 0.29) is 0 Å². The molecular weight excluding hydrogens is 228 g/mol. The highest BCUT2D eigenvalue weighted by Gasteiger charge is 2.22. The summed E-state index contributed by atoms with van der Waals surface area (Å²) in [5.41, 5.74) is 1.67. The molecule has 1 aliphatic rings. The maximum absolute atomic E-state index is 4.57. The Morgan fingerprint density at radius 1 is 1.29 bits per heavy atom. The molecule has 17 heavy (non-hydrogen) atoms. The van der Waals surface area contributed by atoms with Crippen molar-refractivity contribution in [1.29, 1.82) is 0 Å². The molecule has 92 valence electrons. The molecule has 0 saturated heterocycles. The van der Waals surface area contributed by atoms with Crippen molar-refractivity contribution in [3.63, 3.8) is 0 Å². The van der Waals surface area contributed by atoms with Gasteiger partial charge in [0.1, 0.15) is 0 Å². The molecule has 0 aliphatic carbocycles. The fraction of sp³-hybridized carbons (Fsp3) is 0.500. The van der Waals surface area contributed by atoms with E-state index in [0.717, 1.165) is 18.3 Å². The molecule has 1 heterocycles. The lowest BCUT2D eigenvalue weighted by Gasteiger charge is -2.19. The molecular formula is C14H20N2S. The SMILES string of the molecule is CC(C)(C)CNC1=NCC(c2ccccc2)S1. The van der Waals surface area contributed by atoms with Gasteiger partial charge in [0.25, 0.3) is 0 Å². The van der Waals surface area contributed by atoms with Crippen molar-refractivity contribution in [3.8, 4) is 0 Å². The highest BCUT2D eigenvalue weighted by molar-refractivity contribution is 8.14. The van der Waals surface area contributed by atoms with Crippen molar-refractivity contribution in [2.45, 2.75) is 26.0 Å². The number of nitrogens with one attached hydrogen (secondary N) is 1. The van der Waals surface area contributed by atoms with Crippen LogP contribution in [0.5, 0.6) is 0 Å². The van der Waals surface area contributed by atoms with Gasteiger partial charge < -0.3 is 5.32 Å². The first-order valence-corrected chi connectivity index (χ1v) is 6.92. The van der Waals surface area contributed by atoms with Gasteiger partial charge in [0.05, 0.1) is 11.8 Å². The molecule has 0 amide bonds. The predicted octanol–water partition coefficient (Wildman–Crippen LogP) is 3.47. The van der Waals surface area contributed by atoms with Crippen LogP contribution < -0.4 is 5.32 Å². The van der Waals surface area contributed by atoms with E-state index in [9.17, 15) is 0 Å². The first-order chi connectivity index (χ1) is 8.04. The summed E-state index contributed by atoms with van der Waals surface area (Å²) in [4.78, 5) is 4.57. The van der Waals surface area contributed by atoms with E-state index in [4.69, 9.17) is 0 Å². The molecule has 1 aliphatic heterocycles. The molecule has 2 nitrogen and oxygen atoms in total. The van der Waals surface area contributed by atoms with Gasteiger partial charge in [-0.25, -0.2) is 0 Å². The molecule has 0 aromatic heterocycles. The number of amidine groups is 1. The molecule has 1 N–H and O–H groups in total. The Labute approximate surface area is 108 Å². The van der Waals surface area contributed by atoms with E-state index in [1.165, 1.54) is 5.56 Å². The van der Waals surface area contributed by atoms with E-state index in [1.807, 2.05) is 11.8 Å². The number of rotatable bonds is 2. The summed E-state index contributed by atoms with van der Waals surface area (Å²) < 4.78 is 0. The third-order valence-electron chi connectivity index (χ3n) is 2.60. The molecule has 1 unspecified atom stereocenters. The number of aliphatic imine (C=N–C) groups is 1. The smallest absolute Gasteiger partial charge is 0.157 e. The van der Waals surface area contributed by atoms with Gasteiger partial charge in [-0.15, -0.1) is 0 Å². The quantitative estimate of drug-likeness (QED) is 0.866. The van der Waals surface area contributed by atoms with Gasteiger partial charge in [-0.05, 0) is 11.0 Å². The summed E-state index contributed by atoms with van der Waals surface area (Å²) in [6.07, 6.45) is 0. The van der Waals surface area contributed by atoms with Crippen LogP contribution in [-0.4, -0.2) is 18.3 Å². The van der Waals surface area contributed by atoms with E-state index < -0.39 is 0 Å².